The molecule has 0 saturated carbocycles. The van der Waals surface area contributed by atoms with Crippen LogP contribution in [0.5, 0.6) is 0 Å². The van der Waals surface area contributed by atoms with Crippen molar-refractivity contribution in [3.05, 3.63) is 64.2 Å². The molecule has 7 nitrogen and oxygen atoms in total. The summed E-state index contributed by atoms with van der Waals surface area (Å²) in [7, 11) is -3.81. The summed E-state index contributed by atoms with van der Waals surface area (Å²) < 4.78 is 26.6. The van der Waals surface area contributed by atoms with Gasteiger partial charge in [-0.15, -0.1) is 0 Å². The van der Waals surface area contributed by atoms with E-state index in [2.05, 4.69) is 4.72 Å². The van der Waals surface area contributed by atoms with Crippen molar-refractivity contribution >= 4 is 21.4 Å². The highest BCUT2D eigenvalue weighted by atomic mass is 32.2. The molecule has 0 aliphatic rings. The summed E-state index contributed by atoms with van der Waals surface area (Å²) in [5.41, 5.74) is 6.59. The zero-order valence-corrected chi connectivity index (χ0v) is 11.7. The van der Waals surface area contributed by atoms with E-state index in [1.54, 1.807) is 24.3 Å². The Morgan fingerprint density at radius 3 is 2.43 bits per heavy atom. The lowest BCUT2D eigenvalue weighted by Gasteiger charge is -2.07. The molecule has 8 heteroatoms. The van der Waals surface area contributed by atoms with Gasteiger partial charge in [-0.05, 0) is 23.8 Å². The molecule has 0 bridgehead atoms. The maximum Gasteiger partial charge on any atom is 0.270 e. The Morgan fingerprint density at radius 2 is 1.81 bits per heavy atom. The van der Waals surface area contributed by atoms with E-state index in [9.17, 15) is 18.5 Å². The molecule has 0 amide bonds. The van der Waals surface area contributed by atoms with Crippen LogP contribution in [0.2, 0.25) is 0 Å². The Bertz CT molecular complexity index is 757. The van der Waals surface area contributed by atoms with Crippen LogP contribution in [0.1, 0.15) is 5.56 Å². The molecule has 2 aromatic rings. The highest BCUT2D eigenvalue weighted by Gasteiger charge is 2.17. The van der Waals surface area contributed by atoms with Crippen LogP contribution in [0.15, 0.2) is 53.4 Å². The van der Waals surface area contributed by atoms with E-state index in [0.29, 0.717) is 5.69 Å². The number of nitrogens with one attached hydrogen (secondary N) is 1. The number of nitro groups is 1. The van der Waals surface area contributed by atoms with Gasteiger partial charge in [-0.3, -0.25) is 10.1 Å². The lowest BCUT2D eigenvalue weighted by molar-refractivity contribution is -0.385. The number of nitrogen functional groups attached to an aromatic ring is 1. The normalized spacial score (nSPS) is 11.2. The van der Waals surface area contributed by atoms with Crippen molar-refractivity contribution in [1.29, 1.82) is 0 Å². The second-order valence-electron chi connectivity index (χ2n) is 4.32. The van der Waals surface area contributed by atoms with E-state index >= 15 is 0 Å². The number of hydrogen-bond donors (Lipinski definition) is 2. The van der Waals surface area contributed by atoms with Crippen molar-refractivity contribution in [1.82, 2.24) is 4.72 Å². The highest BCUT2D eigenvalue weighted by Crippen LogP contribution is 2.17. The molecule has 0 heterocycles. The van der Waals surface area contributed by atoms with Crippen molar-refractivity contribution in [2.45, 2.75) is 11.4 Å². The summed E-state index contributed by atoms with van der Waals surface area (Å²) in [5.74, 6) is 0. The quantitative estimate of drug-likeness (QED) is 0.495. The Labute approximate surface area is 121 Å². The first-order valence-electron chi connectivity index (χ1n) is 5.97. The van der Waals surface area contributed by atoms with E-state index in [1.807, 2.05) is 0 Å². The fourth-order valence-corrected chi connectivity index (χ4v) is 2.72. The number of rotatable bonds is 5. The zero-order chi connectivity index (χ0) is 15.5. The highest BCUT2D eigenvalue weighted by molar-refractivity contribution is 7.89. The smallest absolute Gasteiger partial charge is 0.270 e. The van der Waals surface area contributed by atoms with Gasteiger partial charge in [-0.1, -0.05) is 18.2 Å². The largest absolute Gasteiger partial charge is 0.399 e. The molecule has 0 spiro atoms. The summed E-state index contributed by atoms with van der Waals surface area (Å²) >= 11 is 0. The van der Waals surface area contributed by atoms with Crippen molar-refractivity contribution < 1.29 is 13.3 Å². The third-order valence-electron chi connectivity index (χ3n) is 2.78. The van der Waals surface area contributed by atoms with Gasteiger partial charge >= 0.3 is 0 Å². The van der Waals surface area contributed by atoms with Gasteiger partial charge in [0.1, 0.15) is 0 Å². The van der Waals surface area contributed by atoms with E-state index in [4.69, 9.17) is 5.73 Å². The predicted molar refractivity (Wildman–Crippen MR) is 78.0 cm³/mol. The average molecular weight is 307 g/mol. The molecule has 0 atom stereocenters. The predicted octanol–water partition coefficient (Wildman–Crippen LogP) is 1.66. The first kappa shape index (κ1) is 14.9. The number of sulfonamides is 1. The van der Waals surface area contributed by atoms with Crippen molar-refractivity contribution in [2.24, 2.45) is 0 Å². The van der Waals surface area contributed by atoms with Crippen LogP contribution in [-0.4, -0.2) is 13.3 Å². The van der Waals surface area contributed by atoms with E-state index in [1.165, 1.54) is 18.2 Å². The maximum absolute atomic E-state index is 12.1. The number of non-ortho nitro benzene ring substituents is 1. The number of nitrogens with two attached hydrogens (primary N) is 1. The van der Waals surface area contributed by atoms with Crippen LogP contribution in [0.25, 0.3) is 0 Å². The van der Waals surface area contributed by atoms with Crippen LogP contribution >= 0.6 is 0 Å². The lowest BCUT2D eigenvalue weighted by atomic mass is 10.2. The minimum atomic E-state index is -3.81. The first-order chi connectivity index (χ1) is 9.88. The van der Waals surface area contributed by atoms with Gasteiger partial charge in [0, 0.05) is 24.4 Å². The molecule has 0 fully saturated rings. The topological polar surface area (TPSA) is 115 Å². The standard InChI is InChI=1S/C13H13N3O4S/c14-11-6-4-10(5-7-11)9-15-21(19,20)13-3-1-2-12(8-13)16(17)18/h1-8,15H,9,14H2. The van der Waals surface area contributed by atoms with Crippen LogP contribution in [-0.2, 0) is 16.6 Å². The van der Waals surface area contributed by atoms with Gasteiger partial charge in [0.25, 0.3) is 5.69 Å². The van der Waals surface area contributed by atoms with Gasteiger partial charge < -0.3 is 5.73 Å². The molecule has 0 aliphatic heterocycles. The first-order valence-corrected chi connectivity index (χ1v) is 7.45. The average Bonchev–Trinajstić information content (AvgIpc) is 2.47. The number of nitro benzene ring substituents is 1. The Kier molecular flexibility index (Phi) is 4.20. The monoisotopic (exact) mass is 307 g/mol. The van der Waals surface area contributed by atoms with E-state index in [0.717, 1.165) is 11.6 Å². The lowest BCUT2D eigenvalue weighted by Crippen LogP contribution is -2.23. The molecular weight excluding hydrogens is 294 g/mol. The number of hydrogen-bond acceptors (Lipinski definition) is 5. The summed E-state index contributed by atoms with van der Waals surface area (Å²) in [5, 5.41) is 10.7. The van der Waals surface area contributed by atoms with Crippen LogP contribution in [0.4, 0.5) is 11.4 Å². The Morgan fingerprint density at radius 1 is 1.14 bits per heavy atom. The summed E-state index contributed by atoms with van der Waals surface area (Å²) in [4.78, 5) is 9.88. The summed E-state index contributed by atoms with van der Waals surface area (Å²) in [6.07, 6.45) is 0. The molecule has 3 N–H and O–H groups in total. The van der Waals surface area contributed by atoms with Crippen LogP contribution in [0, 0.1) is 10.1 Å². The molecule has 0 unspecified atom stereocenters. The van der Waals surface area contributed by atoms with Crippen LogP contribution in [0.3, 0.4) is 0 Å². The molecule has 0 aromatic heterocycles. The zero-order valence-electron chi connectivity index (χ0n) is 10.9. The Balaban J connectivity index is 2.16. The van der Waals surface area contributed by atoms with Gasteiger partial charge in [-0.2, -0.15) is 0 Å². The molecule has 2 aromatic carbocycles. The fraction of sp³-hybridized carbons (Fsp3) is 0.0769. The van der Waals surface area contributed by atoms with Gasteiger partial charge in [0.15, 0.2) is 0 Å². The SMILES string of the molecule is Nc1ccc(CNS(=O)(=O)c2cccc([N+](=O)[O-])c2)cc1. The maximum atomic E-state index is 12.1. The van der Waals surface area contributed by atoms with Crippen molar-refractivity contribution in [3.63, 3.8) is 0 Å². The molecule has 0 radical (unpaired) electrons. The molecule has 0 saturated heterocycles. The molecule has 21 heavy (non-hydrogen) atoms. The summed E-state index contributed by atoms with van der Waals surface area (Å²) in [6.45, 7) is 0.0747. The van der Waals surface area contributed by atoms with Crippen LogP contribution < -0.4 is 10.5 Å². The number of nitrogens with zero attached hydrogens (tertiary/aromatic N) is 1. The van der Waals surface area contributed by atoms with Gasteiger partial charge in [-0.25, -0.2) is 13.1 Å². The second kappa shape index (κ2) is 5.90. The molecular formula is C13H13N3O4S. The van der Waals surface area contributed by atoms with Gasteiger partial charge in [0.2, 0.25) is 10.0 Å². The summed E-state index contributed by atoms with van der Waals surface area (Å²) in [6, 6.07) is 11.6. The van der Waals surface area contributed by atoms with Crippen molar-refractivity contribution in [2.75, 3.05) is 5.73 Å². The second-order valence-corrected chi connectivity index (χ2v) is 6.09. The third-order valence-corrected chi connectivity index (χ3v) is 4.18. The fourth-order valence-electron chi connectivity index (χ4n) is 1.66. The number of benzene rings is 2. The number of anilines is 1. The Hall–Kier alpha value is -2.45. The minimum absolute atomic E-state index is 0.0747. The van der Waals surface area contributed by atoms with Crippen molar-refractivity contribution in [3.8, 4) is 0 Å². The van der Waals surface area contributed by atoms with Gasteiger partial charge in [0.05, 0.1) is 9.82 Å². The molecule has 110 valence electrons. The molecule has 2 rings (SSSR count). The third kappa shape index (κ3) is 3.77. The molecule has 0 aliphatic carbocycles. The van der Waals surface area contributed by atoms with E-state index < -0.39 is 14.9 Å². The van der Waals surface area contributed by atoms with E-state index in [-0.39, 0.29) is 17.1 Å². The minimum Gasteiger partial charge on any atom is -0.399 e.